The summed E-state index contributed by atoms with van der Waals surface area (Å²) in [7, 11) is 0. The number of furan rings is 1. The molecule has 9 nitrogen and oxygen atoms in total. The number of carbonyl (C=O) groups is 3. The van der Waals surface area contributed by atoms with Crippen molar-refractivity contribution in [3.05, 3.63) is 56.1 Å². The maximum Gasteiger partial charge on any atom is 0.329 e. The number of nitro groups is 1. The Labute approximate surface area is 179 Å². The topological polar surface area (TPSA) is 120 Å². The average Bonchev–Trinajstić information content (AvgIpc) is 3.26. The molecule has 0 bridgehead atoms. The zero-order valence-electron chi connectivity index (χ0n) is 15.8. The molecule has 1 fully saturated rings. The number of nitro benzene ring substituents is 1. The van der Waals surface area contributed by atoms with Gasteiger partial charge in [0.2, 0.25) is 0 Å². The molecular weight excluding hydrogens is 436 g/mol. The fourth-order valence-corrected chi connectivity index (χ4v) is 3.78. The van der Waals surface area contributed by atoms with Gasteiger partial charge in [0.1, 0.15) is 22.6 Å². The minimum Gasteiger partial charge on any atom is -0.464 e. The Kier molecular flexibility index (Phi) is 6.28. The van der Waals surface area contributed by atoms with Crippen molar-refractivity contribution in [2.24, 2.45) is 0 Å². The summed E-state index contributed by atoms with van der Waals surface area (Å²) in [5.41, 5.74) is 0.163. The van der Waals surface area contributed by atoms with E-state index in [4.69, 9.17) is 20.8 Å². The van der Waals surface area contributed by atoms with Gasteiger partial charge in [-0.05, 0) is 49.9 Å². The molecule has 3 rings (SSSR count). The van der Waals surface area contributed by atoms with E-state index in [1.807, 2.05) is 0 Å². The molecule has 0 saturated carbocycles. The van der Waals surface area contributed by atoms with Gasteiger partial charge >= 0.3 is 5.97 Å². The minimum atomic E-state index is -1.05. The number of esters is 1. The summed E-state index contributed by atoms with van der Waals surface area (Å²) < 4.78 is 10.5. The molecule has 0 N–H and O–H groups in total. The second kappa shape index (κ2) is 8.72. The van der Waals surface area contributed by atoms with Gasteiger partial charge in [0.25, 0.3) is 16.8 Å². The highest BCUT2D eigenvalue weighted by Gasteiger charge is 2.41. The van der Waals surface area contributed by atoms with Gasteiger partial charge in [-0.25, -0.2) is 4.79 Å². The quantitative estimate of drug-likeness (QED) is 0.273. The molecule has 2 amide bonds. The van der Waals surface area contributed by atoms with Gasteiger partial charge in [0, 0.05) is 17.7 Å². The fraction of sp³-hybridized carbons (Fsp3) is 0.211. The second-order valence-corrected chi connectivity index (χ2v) is 7.51. The lowest BCUT2D eigenvalue weighted by atomic mass is 10.1. The number of thioether (sulfide) groups is 1. The normalized spacial score (nSPS) is 16.2. The van der Waals surface area contributed by atoms with Crippen molar-refractivity contribution >= 4 is 52.2 Å². The van der Waals surface area contributed by atoms with Gasteiger partial charge in [-0.3, -0.25) is 24.6 Å². The molecule has 2 aromatic rings. The number of imide groups is 1. The van der Waals surface area contributed by atoms with Crippen LogP contribution in [0.4, 0.5) is 10.5 Å². The molecule has 1 saturated heterocycles. The Balaban J connectivity index is 1.84. The highest BCUT2D eigenvalue weighted by Crippen LogP contribution is 2.35. The molecule has 156 valence electrons. The zero-order chi connectivity index (χ0) is 22.0. The van der Waals surface area contributed by atoms with Crippen LogP contribution in [0.5, 0.6) is 0 Å². The van der Waals surface area contributed by atoms with Crippen LogP contribution < -0.4 is 0 Å². The summed E-state index contributed by atoms with van der Waals surface area (Å²) in [6.07, 6.45) is 1.37. The van der Waals surface area contributed by atoms with Crippen LogP contribution in [0.2, 0.25) is 5.02 Å². The molecule has 1 aromatic carbocycles. The molecule has 0 unspecified atom stereocenters. The third-order valence-corrected chi connectivity index (χ3v) is 5.37. The fourth-order valence-electron chi connectivity index (χ4n) is 2.70. The number of rotatable bonds is 6. The first-order valence-corrected chi connectivity index (χ1v) is 9.90. The number of hydrogen-bond donors (Lipinski definition) is 0. The molecule has 2 heterocycles. The maximum atomic E-state index is 12.6. The van der Waals surface area contributed by atoms with E-state index in [1.165, 1.54) is 25.1 Å². The highest BCUT2D eigenvalue weighted by molar-refractivity contribution is 8.18. The number of benzene rings is 1. The summed E-state index contributed by atoms with van der Waals surface area (Å²) in [4.78, 5) is 48.0. The summed E-state index contributed by atoms with van der Waals surface area (Å²) in [6, 6.07) is 6.31. The predicted octanol–water partition coefficient (Wildman–Crippen LogP) is 4.50. The average molecular weight is 451 g/mol. The number of nitrogens with zero attached hydrogens (tertiary/aromatic N) is 2. The van der Waals surface area contributed by atoms with Crippen LogP contribution in [-0.4, -0.2) is 39.6 Å². The summed E-state index contributed by atoms with van der Waals surface area (Å²) in [5.74, 6) is -0.728. The van der Waals surface area contributed by atoms with Crippen LogP contribution >= 0.6 is 23.4 Å². The molecule has 0 spiro atoms. The smallest absolute Gasteiger partial charge is 0.329 e. The molecular formula is C19H15ClN2O7S. The number of halogens is 1. The monoisotopic (exact) mass is 450 g/mol. The first kappa shape index (κ1) is 21.6. The largest absolute Gasteiger partial charge is 0.464 e. The van der Waals surface area contributed by atoms with Gasteiger partial charge in [0.15, 0.2) is 0 Å². The van der Waals surface area contributed by atoms with Gasteiger partial charge in [-0.15, -0.1) is 0 Å². The summed E-state index contributed by atoms with van der Waals surface area (Å²) in [6.45, 7) is 3.17. The standard InChI is InChI=1S/C19H15ClN2O7S/c1-3-28-18(24)10(2)21-17(23)16(30-19(21)25)9-12-5-7-15(29-12)11-4-6-13(20)14(8-11)22(26)27/h4-10H,3H2,1-2H3/b16-9+/t10-/m0/s1. The van der Waals surface area contributed by atoms with E-state index in [9.17, 15) is 24.5 Å². The zero-order valence-corrected chi connectivity index (χ0v) is 17.4. The molecule has 1 atom stereocenters. The number of amides is 2. The molecule has 0 radical (unpaired) electrons. The van der Waals surface area contributed by atoms with Crippen LogP contribution in [0.1, 0.15) is 19.6 Å². The van der Waals surface area contributed by atoms with Gasteiger partial charge in [-0.2, -0.15) is 0 Å². The first-order chi connectivity index (χ1) is 14.2. The lowest BCUT2D eigenvalue weighted by molar-refractivity contribution is -0.384. The van der Waals surface area contributed by atoms with Crippen molar-refractivity contribution in [1.29, 1.82) is 0 Å². The molecule has 11 heteroatoms. The van der Waals surface area contributed by atoms with Crippen LogP contribution in [0, 0.1) is 10.1 Å². The molecule has 30 heavy (non-hydrogen) atoms. The molecule has 1 aliphatic heterocycles. The minimum absolute atomic E-state index is 0.0000710. The van der Waals surface area contributed by atoms with Crippen molar-refractivity contribution in [1.82, 2.24) is 4.90 Å². The third-order valence-electron chi connectivity index (χ3n) is 4.17. The van der Waals surface area contributed by atoms with E-state index in [-0.39, 0.29) is 28.0 Å². The van der Waals surface area contributed by atoms with E-state index in [2.05, 4.69) is 0 Å². The van der Waals surface area contributed by atoms with E-state index in [1.54, 1.807) is 25.1 Å². The van der Waals surface area contributed by atoms with Crippen molar-refractivity contribution in [2.45, 2.75) is 19.9 Å². The molecule has 0 aliphatic carbocycles. The number of carbonyl (C=O) groups excluding carboxylic acids is 3. The Hall–Kier alpha value is -3.11. The van der Waals surface area contributed by atoms with Crippen LogP contribution in [-0.2, 0) is 14.3 Å². The number of ether oxygens (including phenoxy) is 1. The second-order valence-electron chi connectivity index (χ2n) is 6.11. The van der Waals surface area contributed by atoms with E-state index in [0.717, 1.165) is 4.90 Å². The van der Waals surface area contributed by atoms with Crippen LogP contribution in [0.3, 0.4) is 0 Å². The van der Waals surface area contributed by atoms with E-state index in [0.29, 0.717) is 23.1 Å². The van der Waals surface area contributed by atoms with Gasteiger partial charge < -0.3 is 9.15 Å². The van der Waals surface area contributed by atoms with Crippen LogP contribution in [0.15, 0.2) is 39.7 Å². The van der Waals surface area contributed by atoms with Crippen molar-refractivity contribution in [3.63, 3.8) is 0 Å². The lowest BCUT2D eigenvalue weighted by Gasteiger charge is -2.19. The molecule has 1 aliphatic rings. The predicted molar refractivity (Wildman–Crippen MR) is 110 cm³/mol. The van der Waals surface area contributed by atoms with Crippen molar-refractivity contribution < 1.29 is 28.5 Å². The van der Waals surface area contributed by atoms with E-state index >= 15 is 0 Å². The van der Waals surface area contributed by atoms with Gasteiger partial charge in [0.05, 0.1) is 16.4 Å². The summed E-state index contributed by atoms with van der Waals surface area (Å²) in [5, 5.41) is 10.5. The van der Waals surface area contributed by atoms with Crippen LogP contribution in [0.25, 0.3) is 17.4 Å². The Morgan fingerprint density at radius 2 is 2.10 bits per heavy atom. The number of hydrogen-bond acceptors (Lipinski definition) is 8. The highest BCUT2D eigenvalue weighted by atomic mass is 35.5. The first-order valence-electron chi connectivity index (χ1n) is 8.70. The van der Waals surface area contributed by atoms with Crippen molar-refractivity contribution in [3.8, 4) is 11.3 Å². The Morgan fingerprint density at radius 3 is 2.77 bits per heavy atom. The summed E-state index contributed by atoms with van der Waals surface area (Å²) >= 11 is 6.49. The third kappa shape index (κ3) is 4.24. The Morgan fingerprint density at radius 1 is 1.37 bits per heavy atom. The SMILES string of the molecule is CCOC(=O)[C@H](C)N1C(=O)S/C(=C/c2ccc(-c3ccc(Cl)c([N+](=O)[O-])c3)o2)C1=O. The van der Waals surface area contributed by atoms with Gasteiger partial charge in [-0.1, -0.05) is 11.6 Å². The van der Waals surface area contributed by atoms with E-state index < -0.39 is 28.1 Å². The maximum absolute atomic E-state index is 12.6. The lowest BCUT2D eigenvalue weighted by Crippen LogP contribution is -2.42. The van der Waals surface area contributed by atoms with Crippen molar-refractivity contribution in [2.75, 3.05) is 6.61 Å². The Bertz CT molecular complexity index is 1080. The molecule has 1 aromatic heterocycles.